The highest BCUT2D eigenvalue weighted by molar-refractivity contribution is 5.88. The Morgan fingerprint density at radius 2 is 1.22 bits per heavy atom. The molecule has 2 fully saturated rings. The molecule has 2 aromatic rings. The molecule has 1 aliphatic heterocycles. The van der Waals surface area contributed by atoms with Gasteiger partial charge in [-0.3, -0.25) is 9.59 Å². The number of rotatable bonds is 21. The lowest BCUT2D eigenvalue weighted by Gasteiger charge is -2.44. The predicted octanol–water partition coefficient (Wildman–Crippen LogP) is -0.370. The molecule has 58 heavy (non-hydrogen) atoms. The van der Waals surface area contributed by atoms with Crippen LogP contribution in [0.3, 0.4) is 0 Å². The maximum Gasteiger partial charge on any atom is 0.224 e. The fraction of sp³-hybridized carbons (Fsp3) is 0.632. The van der Waals surface area contributed by atoms with E-state index in [0.29, 0.717) is 45.3 Å². The first kappa shape index (κ1) is 46.2. The van der Waals surface area contributed by atoms with Gasteiger partial charge in [0.25, 0.3) is 0 Å². The van der Waals surface area contributed by atoms with Crippen LogP contribution in [0.5, 0.6) is 23.0 Å². The summed E-state index contributed by atoms with van der Waals surface area (Å²) in [5.74, 6) is -1.23. The number of nitrogens with zero attached hydrogens (tertiary/aromatic N) is 3. The second-order valence-corrected chi connectivity index (χ2v) is 13.8. The summed E-state index contributed by atoms with van der Waals surface area (Å²) in [5, 5.41) is 70.0. The summed E-state index contributed by atoms with van der Waals surface area (Å²) in [5.41, 5.74) is 11.2. The summed E-state index contributed by atoms with van der Waals surface area (Å²) in [6.07, 6.45) is -9.65. The standard InChI is InChI=1S/C38H55N5O15/c1-52-26-11-20(17-44)12-27(53-2)22(26)5-7-40-36(50)24-15-30(56-10-9-42-43-39)31(57-38-35(49)34(48)33(47)32(19-46)58-38)16-25(24)37(51)41-8-6-23-28(54-3)13-21(18-45)14-29(23)55-4/h11-14,24-25,30-35,38,44-49H,5-10,15-19H2,1-4H3,(H,40,50)(H,41,51)/t24-,25-,30-,31-,32+,33+,34-,35-,38-/m0/s1. The number of nitrogens with one attached hydrogen (secondary N) is 2. The predicted molar refractivity (Wildman–Crippen MR) is 203 cm³/mol. The summed E-state index contributed by atoms with van der Waals surface area (Å²) < 4.78 is 39.9. The van der Waals surface area contributed by atoms with E-state index in [1.807, 2.05) is 0 Å². The number of benzene rings is 2. The number of ether oxygens (including phenoxy) is 7. The van der Waals surface area contributed by atoms with E-state index in [1.54, 1.807) is 24.3 Å². The highest BCUT2D eigenvalue weighted by Gasteiger charge is 2.49. The van der Waals surface area contributed by atoms with Crippen LogP contribution < -0.4 is 29.6 Å². The number of methoxy groups -OCH3 is 4. The lowest BCUT2D eigenvalue weighted by molar-refractivity contribution is -0.321. The molecule has 20 heteroatoms. The number of aliphatic hydroxyl groups excluding tert-OH is 6. The zero-order valence-electron chi connectivity index (χ0n) is 33.0. The maximum absolute atomic E-state index is 14.2. The monoisotopic (exact) mass is 821 g/mol. The summed E-state index contributed by atoms with van der Waals surface area (Å²) in [4.78, 5) is 31.0. The quantitative estimate of drug-likeness (QED) is 0.0345. The topological polar surface area (TPSA) is 293 Å². The molecule has 0 aromatic heterocycles. The molecule has 0 bridgehead atoms. The zero-order chi connectivity index (χ0) is 42.4. The Morgan fingerprint density at radius 3 is 1.64 bits per heavy atom. The molecule has 2 aromatic carbocycles. The first-order valence-electron chi connectivity index (χ1n) is 18.8. The van der Waals surface area contributed by atoms with Crippen molar-refractivity contribution < 1.29 is 73.4 Å². The van der Waals surface area contributed by atoms with Crippen molar-refractivity contribution in [2.75, 3.05) is 61.3 Å². The molecule has 9 atom stereocenters. The van der Waals surface area contributed by atoms with E-state index in [-0.39, 0.29) is 65.1 Å². The third-order valence-corrected chi connectivity index (χ3v) is 10.3. The number of carbonyl (C=O) groups excluding carboxylic acids is 2. The largest absolute Gasteiger partial charge is 0.496 e. The van der Waals surface area contributed by atoms with Crippen LogP contribution in [0.25, 0.3) is 10.4 Å². The average Bonchev–Trinajstić information content (AvgIpc) is 3.24. The van der Waals surface area contributed by atoms with Crippen molar-refractivity contribution in [1.29, 1.82) is 0 Å². The smallest absolute Gasteiger partial charge is 0.224 e. The molecule has 1 saturated carbocycles. The van der Waals surface area contributed by atoms with Gasteiger partial charge in [-0.2, -0.15) is 0 Å². The van der Waals surface area contributed by atoms with Gasteiger partial charge in [0, 0.05) is 35.7 Å². The van der Waals surface area contributed by atoms with Gasteiger partial charge in [-0.25, -0.2) is 0 Å². The van der Waals surface area contributed by atoms with Crippen LogP contribution in [-0.4, -0.2) is 147 Å². The summed E-state index contributed by atoms with van der Waals surface area (Å²) in [6.45, 7) is -1.14. The molecule has 322 valence electrons. The van der Waals surface area contributed by atoms with Gasteiger partial charge >= 0.3 is 0 Å². The van der Waals surface area contributed by atoms with E-state index in [4.69, 9.17) is 38.7 Å². The molecule has 2 amide bonds. The van der Waals surface area contributed by atoms with E-state index in [2.05, 4.69) is 20.7 Å². The summed E-state index contributed by atoms with van der Waals surface area (Å²) >= 11 is 0. The molecule has 0 unspecified atom stereocenters. The number of aliphatic hydroxyl groups is 6. The maximum atomic E-state index is 14.2. The van der Waals surface area contributed by atoms with Gasteiger partial charge in [0.2, 0.25) is 11.8 Å². The Balaban J connectivity index is 1.61. The van der Waals surface area contributed by atoms with Crippen LogP contribution in [0.4, 0.5) is 0 Å². The second-order valence-electron chi connectivity index (χ2n) is 13.8. The van der Waals surface area contributed by atoms with Gasteiger partial charge in [-0.1, -0.05) is 5.11 Å². The Labute approximate surface area is 335 Å². The van der Waals surface area contributed by atoms with Crippen molar-refractivity contribution in [3.63, 3.8) is 0 Å². The number of azide groups is 1. The molecule has 1 aliphatic carbocycles. The van der Waals surface area contributed by atoms with Crippen LogP contribution in [0.15, 0.2) is 29.4 Å². The third-order valence-electron chi connectivity index (χ3n) is 10.3. The Morgan fingerprint density at radius 1 is 0.759 bits per heavy atom. The van der Waals surface area contributed by atoms with Gasteiger partial charge in [0.1, 0.15) is 47.4 Å². The molecule has 4 rings (SSSR count). The lowest BCUT2D eigenvalue weighted by atomic mass is 9.75. The lowest BCUT2D eigenvalue weighted by Crippen LogP contribution is -2.61. The molecule has 1 saturated heterocycles. The number of hydrogen-bond donors (Lipinski definition) is 8. The second kappa shape index (κ2) is 22.6. The number of amides is 2. The van der Waals surface area contributed by atoms with Crippen LogP contribution >= 0.6 is 0 Å². The molecule has 1 heterocycles. The van der Waals surface area contributed by atoms with E-state index >= 15 is 0 Å². The first-order valence-corrected chi connectivity index (χ1v) is 18.8. The molecular formula is C38H55N5O15. The van der Waals surface area contributed by atoms with Crippen molar-refractivity contribution in [1.82, 2.24) is 10.6 Å². The average molecular weight is 822 g/mol. The Bertz CT molecular complexity index is 1660. The normalized spacial score (nSPS) is 25.6. The van der Waals surface area contributed by atoms with E-state index in [1.165, 1.54) is 28.4 Å². The number of hydrogen-bond acceptors (Lipinski definition) is 16. The molecule has 0 radical (unpaired) electrons. The van der Waals surface area contributed by atoms with E-state index < -0.39 is 73.2 Å². The molecule has 20 nitrogen and oxygen atoms in total. The highest BCUT2D eigenvalue weighted by Crippen LogP contribution is 2.37. The van der Waals surface area contributed by atoms with Gasteiger partial charge < -0.3 is 74.4 Å². The molecular weight excluding hydrogens is 766 g/mol. The van der Waals surface area contributed by atoms with Crippen LogP contribution in [-0.2, 0) is 49.9 Å². The van der Waals surface area contributed by atoms with Crippen LogP contribution in [0.2, 0.25) is 0 Å². The van der Waals surface area contributed by atoms with Crippen LogP contribution in [0, 0.1) is 11.8 Å². The summed E-state index contributed by atoms with van der Waals surface area (Å²) in [7, 11) is 5.90. The highest BCUT2D eigenvalue weighted by atomic mass is 16.7. The van der Waals surface area contributed by atoms with Gasteiger partial charge in [-0.05, 0) is 66.6 Å². The van der Waals surface area contributed by atoms with Gasteiger partial charge in [0.05, 0.1) is 78.9 Å². The minimum absolute atomic E-state index is 0.0640. The summed E-state index contributed by atoms with van der Waals surface area (Å²) in [6, 6.07) is 6.66. The Kier molecular flexibility index (Phi) is 18.0. The van der Waals surface area contributed by atoms with Gasteiger partial charge in [0.15, 0.2) is 6.29 Å². The minimum atomic E-state index is -1.75. The van der Waals surface area contributed by atoms with Crippen molar-refractivity contribution in [3.8, 4) is 23.0 Å². The van der Waals surface area contributed by atoms with Crippen molar-refractivity contribution in [3.05, 3.63) is 57.0 Å². The van der Waals surface area contributed by atoms with E-state index in [0.717, 1.165) is 0 Å². The van der Waals surface area contributed by atoms with Crippen molar-refractivity contribution in [2.24, 2.45) is 17.0 Å². The van der Waals surface area contributed by atoms with Crippen molar-refractivity contribution >= 4 is 11.8 Å². The third kappa shape index (κ3) is 11.4. The molecule has 0 spiro atoms. The number of carbonyl (C=O) groups is 2. The van der Waals surface area contributed by atoms with E-state index in [9.17, 15) is 40.2 Å². The Hall–Kier alpha value is -4.47. The fourth-order valence-corrected chi connectivity index (χ4v) is 7.31. The van der Waals surface area contributed by atoms with Crippen LogP contribution in [0.1, 0.15) is 35.1 Å². The van der Waals surface area contributed by atoms with Crippen molar-refractivity contribution in [2.45, 2.75) is 81.8 Å². The van der Waals surface area contributed by atoms with Gasteiger partial charge in [-0.15, -0.1) is 0 Å². The minimum Gasteiger partial charge on any atom is -0.496 e. The SMILES string of the molecule is COc1cc(CO)cc(OC)c1CCNC(=O)[C@H]1C[C@H](OCCN=[N+]=[N-])[C@@H](O[C@H]2O[C@H](CO)[C@@H](O)[C@H](O)[C@@H]2O)C[C@@H]1C(=O)NCCc1c(OC)cc(CO)cc1OC. The molecule has 8 N–H and O–H groups in total. The first-order chi connectivity index (χ1) is 28.0. The fourth-order valence-electron chi connectivity index (χ4n) is 7.31. The molecule has 2 aliphatic rings. The zero-order valence-corrected chi connectivity index (χ0v) is 33.0.